The van der Waals surface area contributed by atoms with Crippen LogP contribution in [0.4, 0.5) is 34.1 Å². The molecule has 13 rings (SSSR count). The van der Waals surface area contributed by atoms with Gasteiger partial charge in [-0.05, 0) is 146 Å². The Morgan fingerprint density at radius 1 is 0.403 bits per heavy atom. The smallest absolute Gasteiger partial charge is 0.247 e. The fourth-order valence-corrected chi connectivity index (χ4v) is 15.1. The zero-order chi connectivity index (χ0) is 49.9. The molecule has 72 heavy (non-hydrogen) atoms. The SMILES string of the molecule is CCCCc1ccc2c(c1)C(C)(C)c1ccc3c(c1-2)N1c2cccc4c2N(c2cccc(c21)B3c1c(C)cc(C)cc1C)c1c(ccc2c1-c1ccc(CCCC)cc1C2(C)C)B4c1c(C)cc(C)cc1C. The van der Waals surface area contributed by atoms with E-state index in [-0.39, 0.29) is 24.3 Å². The van der Waals surface area contributed by atoms with Crippen LogP contribution in [0.3, 0.4) is 0 Å². The van der Waals surface area contributed by atoms with Crippen molar-refractivity contribution in [3.63, 3.8) is 0 Å². The van der Waals surface area contributed by atoms with E-state index in [1.165, 1.54) is 182 Å². The lowest BCUT2D eigenvalue weighted by atomic mass is 9.32. The maximum atomic E-state index is 2.78. The zero-order valence-electron chi connectivity index (χ0n) is 44.8. The van der Waals surface area contributed by atoms with Crippen molar-refractivity contribution in [2.45, 2.75) is 132 Å². The summed E-state index contributed by atoms with van der Waals surface area (Å²) in [7, 11) is 0. The van der Waals surface area contributed by atoms with Gasteiger partial charge < -0.3 is 9.80 Å². The maximum absolute atomic E-state index is 2.78. The Bertz CT molecular complexity index is 3380. The van der Waals surface area contributed by atoms with E-state index in [4.69, 9.17) is 0 Å². The predicted molar refractivity (Wildman–Crippen MR) is 312 cm³/mol. The van der Waals surface area contributed by atoms with Crippen molar-refractivity contribution < 1.29 is 0 Å². The summed E-state index contributed by atoms with van der Waals surface area (Å²) in [4.78, 5) is 5.55. The highest BCUT2D eigenvalue weighted by Crippen LogP contribution is 2.62. The molecule has 2 nitrogen and oxygen atoms in total. The highest BCUT2D eigenvalue weighted by molar-refractivity contribution is 7.00. The van der Waals surface area contributed by atoms with Gasteiger partial charge in [-0.1, -0.05) is 208 Å². The Balaban J connectivity index is 1.17. The summed E-state index contributed by atoms with van der Waals surface area (Å²) in [5.74, 6) is 0. The van der Waals surface area contributed by atoms with Crippen LogP contribution in [0.15, 0.2) is 121 Å². The van der Waals surface area contributed by atoms with Gasteiger partial charge in [0.05, 0.1) is 22.7 Å². The number of unbranched alkanes of at least 4 members (excludes halogenated alkanes) is 2. The minimum Gasteiger partial charge on any atom is -0.307 e. The molecule has 0 atom stereocenters. The number of benzene rings is 8. The molecule has 0 saturated heterocycles. The Morgan fingerprint density at radius 2 is 0.778 bits per heavy atom. The van der Waals surface area contributed by atoms with E-state index < -0.39 is 0 Å². The molecule has 3 heterocycles. The first-order valence-corrected chi connectivity index (χ1v) is 27.3. The Morgan fingerprint density at radius 3 is 1.15 bits per heavy atom. The molecular weight excluding hydrogens is 866 g/mol. The van der Waals surface area contributed by atoms with Gasteiger partial charge in [-0.2, -0.15) is 0 Å². The van der Waals surface area contributed by atoms with Gasteiger partial charge in [0, 0.05) is 33.3 Å². The van der Waals surface area contributed by atoms with Gasteiger partial charge >= 0.3 is 0 Å². The van der Waals surface area contributed by atoms with E-state index in [1.807, 2.05) is 0 Å². The summed E-state index contributed by atoms with van der Waals surface area (Å²) >= 11 is 0. The van der Waals surface area contributed by atoms with Gasteiger partial charge in [0.25, 0.3) is 0 Å². The fraction of sp³-hybridized carbons (Fsp3) is 0.294. The summed E-state index contributed by atoms with van der Waals surface area (Å²) in [5.41, 5.74) is 38.3. The van der Waals surface area contributed by atoms with Crippen LogP contribution in [0.5, 0.6) is 0 Å². The van der Waals surface area contributed by atoms with Gasteiger partial charge in [0.15, 0.2) is 0 Å². The van der Waals surface area contributed by atoms with Gasteiger partial charge in [-0.3, -0.25) is 0 Å². The summed E-state index contributed by atoms with van der Waals surface area (Å²) in [5, 5.41) is 0. The number of para-hydroxylation sites is 2. The molecule has 8 aromatic carbocycles. The van der Waals surface area contributed by atoms with Crippen molar-refractivity contribution in [2.24, 2.45) is 0 Å². The second-order valence-corrected chi connectivity index (χ2v) is 23.7. The standard InChI is InChI=1S/C68H68B2N2/c1-13-15-19-45-25-27-47-51(37-45)67(9,10)49-29-31-55-65(59(47)49)71-57-23-17-22-54-64(57)72(58-24-18-21-53(63(58)71)69(55)61-41(5)33-39(3)34-42(61)6)66-56(70(54)62-43(7)35-40(4)36-44(62)8)32-30-50-60(66)48-28-26-46(20-16-14-2)38-52(48)68(50,11)12/h17-18,21-38H,13-16,19-20H2,1-12H3. The molecule has 0 saturated carbocycles. The van der Waals surface area contributed by atoms with E-state index in [9.17, 15) is 0 Å². The van der Waals surface area contributed by atoms with Crippen LogP contribution in [-0.2, 0) is 23.7 Å². The molecule has 0 unspecified atom stereocenters. The lowest BCUT2D eigenvalue weighted by molar-refractivity contribution is 0.658. The van der Waals surface area contributed by atoms with E-state index in [0.29, 0.717) is 0 Å². The quantitative estimate of drug-likeness (QED) is 0.140. The third-order valence-electron chi connectivity index (χ3n) is 18.2. The second-order valence-electron chi connectivity index (χ2n) is 23.7. The minimum absolute atomic E-state index is 0.0374. The normalized spacial score (nSPS) is 15.4. The van der Waals surface area contributed by atoms with Crippen LogP contribution in [0.1, 0.15) is 134 Å². The molecule has 5 aliphatic rings. The largest absolute Gasteiger partial charge is 0.307 e. The van der Waals surface area contributed by atoms with E-state index in [1.54, 1.807) is 0 Å². The fourth-order valence-electron chi connectivity index (χ4n) is 15.1. The molecule has 0 fully saturated rings. The van der Waals surface area contributed by atoms with Crippen LogP contribution in [-0.4, -0.2) is 13.4 Å². The van der Waals surface area contributed by atoms with Gasteiger partial charge in [-0.25, -0.2) is 0 Å². The number of hydrogen-bond acceptors (Lipinski definition) is 2. The second kappa shape index (κ2) is 16.0. The van der Waals surface area contributed by atoms with E-state index in [0.717, 1.165) is 12.8 Å². The summed E-state index contributed by atoms with van der Waals surface area (Å²) in [6.07, 6.45) is 7.04. The number of fused-ring (bicyclic) bond motifs is 14. The number of nitrogens with zero attached hydrogens (tertiary/aromatic N) is 2. The zero-order valence-corrected chi connectivity index (χ0v) is 44.8. The highest BCUT2D eigenvalue weighted by atomic mass is 15.3. The monoisotopic (exact) mass is 935 g/mol. The van der Waals surface area contributed by atoms with Crippen molar-refractivity contribution in [3.05, 3.63) is 188 Å². The maximum Gasteiger partial charge on any atom is 0.247 e. The average molecular weight is 935 g/mol. The molecule has 0 N–H and O–H groups in total. The number of hydrogen-bond donors (Lipinski definition) is 0. The molecular formula is C68H68B2N2. The Kier molecular flexibility index (Phi) is 10.1. The van der Waals surface area contributed by atoms with Gasteiger partial charge in [-0.15, -0.1) is 0 Å². The van der Waals surface area contributed by atoms with Crippen molar-refractivity contribution in [1.29, 1.82) is 0 Å². The Hall–Kier alpha value is -6.51. The van der Waals surface area contributed by atoms with Crippen LogP contribution < -0.4 is 42.6 Å². The first kappa shape index (κ1) is 45.4. The van der Waals surface area contributed by atoms with Gasteiger partial charge in [0.2, 0.25) is 13.4 Å². The van der Waals surface area contributed by atoms with Gasteiger partial charge in [0.1, 0.15) is 0 Å². The number of rotatable bonds is 8. The molecule has 356 valence electrons. The molecule has 2 aliphatic carbocycles. The highest BCUT2D eigenvalue weighted by Gasteiger charge is 2.51. The third kappa shape index (κ3) is 6.11. The molecule has 0 bridgehead atoms. The minimum atomic E-state index is -0.160. The number of anilines is 6. The molecule has 0 radical (unpaired) electrons. The summed E-state index contributed by atoms with van der Waals surface area (Å²) < 4.78 is 0. The lowest BCUT2D eigenvalue weighted by Gasteiger charge is -2.50. The van der Waals surface area contributed by atoms with Crippen molar-refractivity contribution in [3.8, 4) is 22.3 Å². The molecule has 0 amide bonds. The lowest BCUT2D eigenvalue weighted by Crippen LogP contribution is -2.62. The van der Waals surface area contributed by atoms with Crippen molar-refractivity contribution in [1.82, 2.24) is 0 Å². The summed E-state index contributed by atoms with van der Waals surface area (Å²) in [6.45, 7) is 28.5. The first-order chi connectivity index (χ1) is 34.6. The predicted octanol–water partition coefficient (Wildman–Crippen LogP) is 13.7. The van der Waals surface area contributed by atoms with Crippen LogP contribution in [0.2, 0.25) is 0 Å². The van der Waals surface area contributed by atoms with E-state index in [2.05, 4.69) is 214 Å². The first-order valence-electron chi connectivity index (χ1n) is 27.3. The topological polar surface area (TPSA) is 6.48 Å². The van der Waals surface area contributed by atoms with E-state index >= 15 is 0 Å². The van der Waals surface area contributed by atoms with Crippen LogP contribution >= 0.6 is 0 Å². The Labute approximate surface area is 430 Å². The molecule has 8 aromatic rings. The third-order valence-corrected chi connectivity index (χ3v) is 18.2. The van der Waals surface area contributed by atoms with Crippen LogP contribution in [0.25, 0.3) is 22.3 Å². The molecule has 4 heteroatoms. The number of aryl methyl sites for hydroxylation is 8. The average Bonchev–Trinajstić information content (AvgIpc) is 3.72. The van der Waals surface area contributed by atoms with Crippen LogP contribution in [0, 0.1) is 41.5 Å². The van der Waals surface area contributed by atoms with Crippen molar-refractivity contribution in [2.75, 3.05) is 9.80 Å². The van der Waals surface area contributed by atoms with Crippen molar-refractivity contribution >= 4 is 80.3 Å². The molecule has 0 aromatic heterocycles. The molecule has 3 aliphatic heterocycles. The molecule has 0 spiro atoms. The summed E-state index contributed by atoms with van der Waals surface area (Å²) in [6, 6.07) is 49.4.